The molecular formula is C18H13N3O4. The van der Waals surface area contributed by atoms with E-state index >= 15 is 0 Å². The van der Waals surface area contributed by atoms with E-state index in [0.29, 0.717) is 22.9 Å². The van der Waals surface area contributed by atoms with E-state index < -0.39 is 0 Å². The fourth-order valence-electron chi connectivity index (χ4n) is 2.32. The number of carbonyl (C=O) groups is 1. The number of fused-ring (bicyclic) bond motifs is 1. The van der Waals surface area contributed by atoms with Gasteiger partial charge in [-0.25, -0.2) is 0 Å². The molecule has 0 bridgehead atoms. The lowest BCUT2D eigenvalue weighted by atomic mass is 10.2. The molecule has 1 aliphatic heterocycles. The van der Waals surface area contributed by atoms with E-state index in [1.54, 1.807) is 30.5 Å². The zero-order valence-electron chi connectivity index (χ0n) is 13.0. The van der Waals surface area contributed by atoms with Crippen LogP contribution in [-0.4, -0.2) is 22.8 Å². The maximum Gasteiger partial charge on any atom is 0.250 e. The van der Waals surface area contributed by atoms with Crippen LogP contribution < -0.4 is 14.8 Å². The minimum atomic E-state index is -0.332. The van der Waals surface area contributed by atoms with Crippen molar-refractivity contribution in [3.8, 4) is 22.9 Å². The molecule has 2 aromatic heterocycles. The SMILES string of the molecule is O=C(C=Cc1ccc2c(c1)OCO2)Nc1cc(-c2ccccn2)no1. The molecule has 1 aliphatic rings. The van der Waals surface area contributed by atoms with Crippen LogP contribution in [0.3, 0.4) is 0 Å². The second-order valence-corrected chi connectivity index (χ2v) is 5.23. The summed E-state index contributed by atoms with van der Waals surface area (Å²) in [6.07, 6.45) is 4.74. The molecule has 7 heteroatoms. The normalized spacial score (nSPS) is 12.5. The third-order valence-corrected chi connectivity index (χ3v) is 3.51. The Morgan fingerprint density at radius 2 is 2.00 bits per heavy atom. The van der Waals surface area contributed by atoms with Gasteiger partial charge in [-0.05, 0) is 35.9 Å². The summed E-state index contributed by atoms with van der Waals surface area (Å²) < 4.78 is 15.7. The first kappa shape index (κ1) is 14.9. The lowest BCUT2D eigenvalue weighted by Crippen LogP contribution is -2.06. The van der Waals surface area contributed by atoms with E-state index in [1.807, 2.05) is 24.3 Å². The highest BCUT2D eigenvalue weighted by atomic mass is 16.7. The molecule has 0 saturated carbocycles. The molecular weight excluding hydrogens is 322 g/mol. The monoisotopic (exact) mass is 335 g/mol. The summed E-state index contributed by atoms with van der Waals surface area (Å²) >= 11 is 0. The summed E-state index contributed by atoms with van der Waals surface area (Å²) in [5.74, 6) is 1.28. The van der Waals surface area contributed by atoms with Gasteiger partial charge in [0.15, 0.2) is 11.5 Å². The number of anilines is 1. The van der Waals surface area contributed by atoms with Crippen LogP contribution in [0.25, 0.3) is 17.5 Å². The van der Waals surface area contributed by atoms with Crippen LogP contribution in [0.1, 0.15) is 5.56 Å². The number of carbonyl (C=O) groups excluding carboxylic acids is 1. The minimum absolute atomic E-state index is 0.215. The number of nitrogens with one attached hydrogen (secondary N) is 1. The van der Waals surface area contributed by atoms with Crippen molar-refractivity contribution in [2.45, 2.75) is 0 Å². The van der Waals surface area contributed by atoms with Crippen molar-refractivity contribution >= 4 is 17.9 Å². The number of nitrogens with zero attached hydrogens (tertiary/aromatic N) is 2. The quantitative estimate of drug-likeness (QED) is 0.737. The molecule has 3 heterocycles. The molecule has 0 atom stereocenters. The van der Waals surface area contributed by atoms with Crippen LogP contribution in [0.15, 0.2) is 59.3 Å². The Balaban J connectivity index is 1.41. The van der Waals surface area contributed by atoms with Crippen molar-refractivity contribution in [3.63, 3.8) is 0 Å². The summed E-state index contributed by atoms with van der Waals surface area (Å²) in [5, 5.41) is 6.51. The van der Waals surface area contributed by atoms with Crippen molar-refractivity contribution in [1.29, 1.82) is 0 Å². The second kappa shape index (κ2) is 6.48. The van der Waals surface area contributed by atoms with E-state index in [-0.39, 0.29) is 18.6 Å². The molecule has 124 valence electrons. The highest BCUT2D eigenvalue weighted by molar-refractivity contribution is 6.01. The van der Waals surface area contributed by atoms with Gasteiger partial charge in [0.05, 0.1) is 5.69 Å². The summed E-state index contributed by atoms with van der Waals surface area (Å²) in [7, 11) is 0. The van der Waals surface area contributed by atoms with Gasteiger partial charge in [-0.2, -0.15) is 0 Å². The van der Waals surface area contributed by atoms with Crippen molar-refractivity contribution in [1.82, 2.24) is 10.1 Å². The topological polar surface area (TPSA) is 86.5 Å². The average Bonchev–Trinajstić information content (AvgIpc) is 3.29. The zero-order valence-corrected chi connectivity index (χ0v) is 13.0. The number of amides is 1. The molecule has 4 rings (SSSR count). The zero-order chi connectivity index (χ0) is 17.1. The Morgan fingerprint density at radius 1 is 1.08 bits per heavy atom. The lowest BCUT2D eigenvalue weighted by Gasteiger charge is -1.98. The van der Waals surface area contributed by atoms with Gasteiger partial charge in [0.2, 0.25) is 12.7 Å². The molecule has 1 N–H and O–H groups in total. The van der Waals surface area contributed by atoms with Gasteiger partial charge < -0.3 is 14.0 Å². The molecule has 0 spiro atoms. The number of pyridine rings is 1. The summed E-state index contributed by atoms with van der Waals surface area (Å²) in [6, 6.07) is 12.5. The van der Waals surface area contributed by atoms with Gasteiger partial charge in [0, 0.05) is 18.3 Å². The largest absolute Gasteiger partial charge is 0.454 e. The van der Waals surface area contributed by atoms with Crippen LogP contribution >= 0.6 is 0 Å². The number of rotatable bonds is 4. The van der Waals surface area contributed by atoms with Crippen molar-refractivity contribution in [3.05, 3.63) is 60.3 Å². The number of benzene rings is 1. The highest BCUT2D eigenvalue weighted by Crippen LogP contribution is 2.32. The maximum atomic E-state index is 12.0. The second-order valence-electron chi connectivity index (χ2n) is 5.23. The van der Waals surface area contributed by atoms with Gasteiger partial charge in [0.25, 0.3) is 5.91 Å². The van der Waals surface area contributed by atoms with Crippen LogP contribution in [0, 0.1) is 0 Å². The first-order chi connectivity index (χ1) is 12.3. The predicted molar refractivity (Wildman–Crippen MR) is 90.0 cm³/mol. The number of hydrogen-bond donors (Lipinski definition) is 1. The van der Waals surface area contributed by atoms with Crippen molar-refractivity contribution in [2.24, 2.45) is 0 Å². The van der Waals surface area contributed by atoms with Crippen molar-refractivity contribution in [2.75, 3.05) is 12.1 Å². The molecule has 0 fully saturated rings. The van der Waals surface area contributed by atoms with Crippen LogP contribution in [0.4, 0.5) is 5.88 Å². The van der Waals surface area contributed by atoms with Crippen LogP contribution in [0.2, 0.25) is 0 Å². The molecule has 7 nitrogen and oxygen atoms in total. The minimum Gasteiger partial charge on any atom is -0.454 e. The molecule has 0 aliphatic carbocycles. The van der Waals surface area contributed by atoms with Crippen LogP contribution in [-0.2, 0) is 4.79 Å². The van der Waals surface area contributed by atoms with E-state index in [2.05, 4.69) is 15.5 Å². The fourth-order valence-corrected chi connectivity index (χ4v) is 2.32. The van der Waals surface area contributed by atoms with Gasteiger partial charge >= 0.3 is 0 Å². The van der Waals surface area contributed by atoms with E-state index in [4.69, 9.17) is 14.0 Å². The first-order valence-corrected chi connectivity index (χ1v) is 7.55. The van der Waals surface area contributed by atoms with Gasteiger partial charge in [-0.15, -0.1) is 0 Å². The Kier molecular flexibility index (Phi) is 3.88. The summed E-state index contributed by atoms with van der Waals surface area (Å²) in [4.78, 5) is 16.2. The molecule has 0 unspecified atom stereocenters. The molecule has 3 aromatic rings. The third-order valence-electron chi connectivity index (χ3n) is 3.51. The van der Waals surface area contributed by atoms with E-state index in [1.165, 1.54) is 6.08 Å². The molecule has 0 radical (unpaired) electrons. The fraction of sp³-hybridized carbons (Fsp3) is 0.0556. The number of hydrogen-bond acceptors (Lipinski definition) is 6. The van der Waals surface area contributed by atoms with E-state index in [9.17, 15) is 4.79 Å². The molecule has 25 heavy (non-hydrogen) atoms. The Bertz CT molecular complexity index is 935. The molecule has 1 aromatic carbocycles. The Morgan fingerprint density at radius 3 is 2.88 bits per heavy atom. The maximum absolute atomic E-state index is 12.0. The van der Waals surface area contributed by atoms with Gasteiger partial charge in [-0.1, -0.05) is 17.3 Å². The standard InChI is InChI=1S/C18H13N3O4/c22-17(7-5-12-4-6-15-16(9-12)24-11-23-15)20-18-10-14(21-25-18)13-3-1-2-8-19-13/h1-10H,11H2,(H,20,22). The van der Waals surface area contributed by atoms with Crippen LogP contribution in [0.5, 0.6) is 11.5 Å². The Hall–Kier alpha value is -3.61. The Labute approximate surface area is 142 Å². The van der Waals surface area contributed by atoms with E-state index in [0.717, 1.165) is 5.56 Å². The van der Waals surface area contributed by atoms with Crippen molar-refractivity contribution < 1.29 is 18.8 Å². The average molecular weight is 335 g/mol. The van der Waals surface area contributed by atoms with Gasteiger partial charge in [0.1, 0.15) is 5.69 Å². The lowest BCUT2D eigenvalue weighted by molar-refractivity contribution is -0.112. The first-order valence-electron chi connectivity index (χ1n) is 7.55. The third kappa shape index (κ3) is 3.35. The summed E-state index contributed by atoms with van der Waals surface area (Å²) in [6.45, 7) is 0.215. The highest BCUT2D eigenvalue weighted by Gasteiger charge is 2.12. The number of aromatic nitrogens is 2. The molecule has 0 saturated heterocycles. The predicted octanol–water partition coefficient (Wildman–Crippen LogP) is 3.12. The molecule has 1 amide bonds. The number of ether oxygens (including phenoxy) is 2. The smallest absolute Gasteiger partial charge is 0.250 e. The van der Waals surface area contributed by atoms with Gasteiger partial charge in [-0.3, -0.25) is 15.1 Å². The summed E-state index contributed by atoms with van der Waals surface area (Å²) in [5.41, 5.74) is 2.05.